The lowest BCUT2D eigenvalue weighted by atomic mass is 9.92. The third kappa shape index (κ3) is 4.10. The largest absolute Gasteiger partial charge is 0.496 e. The molecule has 3 aromatic rings. The van der Waals surface area contributed by atoms with Gasteiger partial charge in [-0.3, -0.25) is 9.78 Å². The predicted molar refractivity (Wildman–Crippen MR) is 113 cm³/mol. The van der Waals surface area contributed by atoms with Crippen LogP contribution in [0.4, 0.5) is 0 Å². The van der Waals surface area contributed by atoms with E-state index in [1.54, 1.807) is 25.6 Å². The van der Waals surface area contributed by atoms with E-state index in [-0.39, 0.29) is 11.9 Å². The molecular formula is C24H26N2O3. The molecule has 5 nitrogen and oxygen atoms in total. The van der Waals surface area contributed by atoms with Crippen molar-refractivity contribution in [3.63, 3.8) is 0 Å². The Kier molecular flexibility index (Phi) is 5.76. The van der Waals surface area contributed by atoms with Crippen LogP contribution in [0.25, 0.3) is 10.8 Å². The van der Waals surface area contributed by atoms with Crippen molar-refractivity contribution in [3.05, 3.63) is 72.1 Å². The molecule has 1 N–H and O–H groups in total. The molecule has 2 unspecified atom stereocenters. The van der Waals surface area contributed by atoms with E-state index in [2.05, 4.69) is 29.2 Å². The van der Waals surface area contributed by atoms with Gasteiger partial charge in [-0.25, -0.2) is 0 Å². The Morgan fingerprint density at radius 3 is 2.86 bits per heavy atom. The van der Waals surface area contributed by atoms with Gasteiger partial charge in [-0.05, 0) is 41.7 Å². The third-order valence-electron chi connectivity index (χ3n) is 5.75. The van der Waals surface area contributed by atoms with Crippen LogP contribution in [-0.2, 0) is 11.2 Å². The summed E-state index contributed by atoms with van der Waals surface area (Å²) < 4.78 is 5.39. The number of rotatable bonds is 5. The smallest absolute Gasteiger partial charge is 0.227 e. The highest BCUT2D eigenvalue weighted by atomic mass is 16.5. The number of piperidine rings is 1. The second-order valence-corrected chi connectivity index (χ2v) is 7.57. The first-order chi connectivity index (χ1) is 14.2. The minimum atomic E-state index is -0.820. The number of fused-ring (bicyclic) bond motifs is 1. The molecule has 0 aliphatic carbocycles. The molecule has 1 aliphatic heterocycles. The summed E-state index contributed by atoms with van der Waals surface area (Å²) in [6.45, 7) is 0.663. The Morgan fingerprint density at radius 1 is 1.21 bits per heavy atom. The van der Waals surface area contributed by atoms with Gasteiger partial charge in [0.1, 0.15) is 11.9 Å². The van der Waals surface area contributed by atoms with Gasteiger partial charge in [0.15, 0.2) is 0 Å². The number of nitrogens with zero attached hydrogens (tertiary/aromatic N) is 2. The van der Waals surface area contributed by atoms with Crippen LogP contribution in [0.5, 0.6) is 5.75 Å². The zero-order chi connectivity index (χ0) is 20.2. The zero-order valence-electron chi connectivity index (χ0n) is 16.6. The number of aliphatic hydroxyl groups excluding tert-OH is 1. The number of hydrogen-bond acceptors (Lipinski definition) is 4. The van der Waals surface area contributed by atoms with Gasteiger partial charge in [0, 0.05) is 24.5 Å². The second kappa shape index (κ2) is 8.62. The molecule has 2 heterocycles. The molecule has 29 heavy (non-hydrogen) atoms. The van der Waals surface area contributed by atoms with E-state index in [9.17, 15) is 9.90 Å². The Hall–Kier alpha value is -2.92. The molecule has 1 fully saturated rings. The summed E-state index contributed by atoms with van der Waals surface area (Å²) in [6, 6.07) is 15.8. The Bertz CT molecular complexity index is 1000. The molecule has 1 aromatic heterocycles. The molecule has 1 aliphatic rings. The first-order valence-corrected chi connectivity index (χ1v) is 10.1. The van der Waals surface area contributed by atoms with Gasteiger partial charge in [0.05, 0.1) is 19.6 Å². The van der Waals surface area contributed by atoms with Crippen molar-refractivity contribution in [2.24, 2.45) is 0 Å². The lowest BCUT2D eigenvalue weighted by molar-refractivity contribution is -0.137. The van der Waals surface area contributed by atoms with E-state index in [1.165, 1.54) is 5.39 Å². The molecule has 2 aromatic carbocycles. The van der Waals surface area contributed by atoms with E-state index in [0.29, 0.717) is 24.3 Å². The average molecular weight is 390 g/mol. The first-order valence-electron chi connectivity index (χ1n) is 10.1. The van der Waals surface area contributed by atoms with E-state index in [1.807, 2.05) is 23.1 Å². The van der Waals surface area contributed by atoms with Crippen LogP contribution in [0.2, 0.25) is 0 Å². The Morgan fingerprint density at radius 2 is 2.03 bits per heavy atom. The van der Waals surface area contributed by atoms with E-state index in [4.69, 9.17) is 4.74 Å². The maximum Gasteiger partial charge on any atom is 0.227 e. The van der Waals surface area contributed by atoms with Crippen molar-refractivity contribution < 1.29 is 14.6 Å². The zero-order valence-corrected chi connectivity index (χ0v) is 16.6. The number of pyridine rings is 1. The summed E-state index contributed by atoms with van der Waals surface area (Å²) in [5.41, 5.74) is 1.62. The summed E-state index contributed by atoms with van der Waals surface area (Å²) >= 11 is 0. The molecule has 0 saturated carbocycles. The molecule has 150 valence electrons. The van der Waals surface area contributed by atoms with Crippen LogP contribution in [0.15, 0.2) is 60.9 Å². The van der Waals surface area contributed by atoms with Gasteiger partial charge in [0.2, 0.25) is 5.91 Å². The Labute approximate surface area is 170 Å². The molecule has 0 spiro atoms. The summed E-state index contributed by atoms with van der Waals surface area (Å²) in [4.78, 5) is 19.1. The highest BCUT2D eigenvalue weighted by Gasteiger charge is 2.34. The number of methoxy groups -OCH3 is 1. The van der Waals surface area contributed by atoms with Gasteiger partial charge in [-0.1, -0.05) is 42.5 Å². The molecule has 5 heteroatoms. The number of amides is 1. The van der Waals surface area contributed by atoms with Crippen molar-refractivity contribution in [2.75, 3.05) is 13.7 Å². The van der Waals surface area contributed by atoms with Crippen molar-refractivity contribution >= 4 is 16.7 Å². The normalized spacial score (nSPS) is 17.9. The van der Waals surface area contributed by atoms with Crippen molar-refractivity contribution in [2.45, 2.75) is 37.8 Å². The first kappa shape index (κ1) is 19.4. The van der Waals surface area contributed by atoms with Gasteiger partial charge in [-0.2, -0.15) is 0 Å². The minimum Gasteiger partial charge on any atom is -0.496 e. The minimum absolute atomic E-state index is 0.0480. The fraction of sp³-hybridized carbons (Fsp3) is 0.333. The quantitative estimate of drug-likeness (QED) is 0.718. The van der Waals surface area contributed by atoms with Gasteiger partial charge in [-0.15, -0.1) is 0 Å². The molecule has 0 radical (unpaired) electrons. The second-order valence-electron chi connectivity index (χ2n) is 7.57. The van der Waals surface area contributed by atoms with E-state index >= 15 is 0 Å². The lowest BCUT2D eigenvalue weighted by Gasteiger charge is -2.39. The monoisotopic (exact) mass is 390 g/mol. The van der Waals surface area contributed by atoms with Crippen molar-refractivity contribution in [1.82, 2.24) is 9.88 Å². The highest BCUT2D eigenvalue weighted by Crippen LogP contribution is 2.33. The standard InChI is InChI=1S/C24H26N2O3/c1-29-22-11-12-25-16-20(22)24(28)21-8-4-5-13-26(21)23(27)15-17-9-10-18-6-2-3-7-19(18)14-17/h2-3,6-7,9-12,14,16,21,24,28H,4-5,8,13,15H2,1H3. The third-order valence-corrected chi connectivity index (χ3v) is 5.75. The number of carbonyl (C=O) groups excluding carboxylic acids is 1. The fourth-order valence-electron chi connectivity index (χ4n) is 4.23. The number of hydrogen-bond donors (Lipinski definition) is 1. The van der Waals surface area contributed by atoms with Crippen molar-refractivity contribution in [3.8, 4) is 5.75 Å². The van der Waals surface area contributed by atoms with Crippen LogP contribution in [-0.4, -0.2) is 40.6 Å². The van der Waals surface area contributed by atoms with Gasteiger partial charge < -0.3 is 14.7 Å². The maximum atomic E-state index is 13.2. The predicted octanol–water partition coefficient (Wildman–Crippen LogP) is 3.90. The fourth-order valence-corrected chi connectivity index (χ4v) is 4.23. The van der Waals surface area contributed by atoms with Crippen molar-refractivity contribution in [1.29, 1.82) is 0 Å². The number of benzene rings is 2. The number of ether oxygens (including phenoxy) is 1. The number of carbonyl (C=O) groups is 1. The van der Waals surface area contributed by atoms with Gasteiger partial charge >= 0.3 is 0 Å². The van der Waals surface area contributed by atoms with Crippen LogP contribution in [0.1, 0.15) is 36.5 Å². The molecule has 1 saturated heterocycles. The molecular weight excluding hydrogens is 364 g/mol. The molecule has 4 rings (SSSR count). The SMILES string of the molecule is COc1ccncc1C(O)C1CCCCN1C(=O)Cc1ccc2ccccc2c1. The van der Waals surface area contributed by atoms with E-state index in [0.717, 1.165) is 30.2 Å². The van der Waals surface area contributed by atoms with Crippen LogP contribution >= 0.6 is 0 Å². The number of aromatic nitrogens is 1. The number of aliphatic hydroxyl groups is 1. The average Bonchev–Trinajstić information content (AvgIpc) is 2.78. The molecule has 0 bridgehead atoms. The maximum absolute atomic E-state index is 13.2. The van der Waals surface area contributed by atoms with E-state index < -0.39 is 6.10 Å². The molecule has 2 atom stereocenters. The number of likely N-dealkylation sites (tertiary alicyclic amines) is 1. The topological polar surface area (TPSA) is 62.7 Å². The van der Waals surface area contributed by atoms with Crippen LogP contribution in [0, 0.1) is 0 Å². The summed E-state index contributed by atoms with van der Waals surface area (Å²) in [7, 11) is 1.58. The highest BCUT2D eigenvalue weighted by molar-refractivity contribution is 5.85. The summed E-state index contributed by atoms with van der Waals surface area (Å²) in [5.74, 6) is 0.645. The lowest BCUT2D eigenvalue weighted by Crippen LogP contribution is -2.47. The van der Waals surface area contributed by atoms with Gasteiger partial charge in [0.25, 0.3) is 0 Å². The molecule has 1 amide bonds. The summed E-state index contributed by atoms with van der Waals surface area (Å²) in [6.07, 6.45) is 5.49. The Balaban J connectivity index is 1.55. The van der Waals surface area contributed by atoms with Crippen LogP contribution in [0.3, 0.4) is 0 Å². The summed E-state index contributed by atoms with van der Waals surface area (Å²) in [5, 5.41) is 13.4. The van der Waals surface area contributed by atoms with Crippen LogP contribution < -0.4 is 4.74 Å².